The lowest BCUT2D eigenvalue weighted by molar-refractivity contribution is 0.595. The molecule has 4 rings (SSSR count). The molecule has 0 aromatic heterocycles. The monoisotopic (exact) mass is 234 g/mol. The zero-order valence-electron chi connectivity index (χ0n) is 10.6. The van der Waals surface area contributed by atoms with E-state index in [2.05, 4.69) is 60.7 Å². The normalized spacial score (nSPS) is 25.7. The second kappa shape index (κ2) is 3.47. The molecule has 0 atom stereocenters. The minimum absolute atomic E-state index is 0.190. The molecule has 0 nitrogen and oxygen atoms in total. The number of benzene rings is 1. The first kappa shape index (κ1) is 10.4. The van der Waals surface area contributed by atoms with Gasteiger partial charge in [-0.25, -0.2) is 0 Å². The Morgan fingerprint density at radius 1 is 0.778 bits per heavy atom. The van der Waals surface area contributed by atoms with Crippen LogP contribution in [0.1, 0.15) is 31.2 Å². The molecular weight excluding hydrogens is 216 g/mol. The van der Waals surface area contributed by atoms with E-state index in [1.54, 1.807) is 0 Å². The van der Waals surface area contributed by atoms with E-state index < -0.39 is 0 Å². The van der Waals surface area contributed by atoms with Crippen LogP contribution in [0.25, 0.3) is 5.57 Å². The summed E-state index contributed by atoms with van der Waals surface area (Å²) in [5, 5.41) is 0. The highest BCUT2D eigenvalue weighted by Gasteiger charge is 2.43. The lowest BCUT2D eigenvalue weighted by atomic mass is 9.73. The highest BCUT2D eigenvalue weighted by molar-refractivity contribution is 5.76. The molecule has 18 heavy (non-hydrogen) atoms. The van der Waals surface area contributed by atoms with Crippen molar-refractivity contribution in [2.75, 3.05) is 0 Å². The molecule has 1 fully saturated rings. The number of hydrogen-bond donors (Lipinski definition) is 0. The summed E-state index contributed by atoms with van der Waals surface area (Å²) in [6.07, 6.45) is 17.4. The average Bonchev–Trinajstić information content (AvgIpc) is 3.07. The zero-order valence-corrected chi connectivity index (χ0v) is 10.6. The van der Waals surface area contributed by atoms with Crippen LogP contribution >= 0.6 is 0 Å². The largest absolute Gasteiger partial charge is 0.0795 e. The summed E-state index contributed by atoms with van der Waals surface area (Å²) in [4.78, 5) is 0. The maximum Gasteiger partial charge on any atom is 0.0318 e. The lowest BCUT2D eigenvalue weighted by Crippen LogP contribution is -2.17. The predicted molar refractivity (Wildman–Crippen MR) is 76.0 cm³/mol. The molecule has 0 amide bonds. The van der Waals surface area contributed by atoms with Crippen LogP contribution in [0, 0.1) is 10.8 Å². The molecule has 1 aromatic rings. The third kappa shape index (κ3) is 1.45. The molecule has 0 N–H and O–H groups in total. The highest BCUT2D eigenvalue weighted by Crippen LogP contribution is 2.56. The van der Waals surface area contributed by atoms with Gasteiger partial charge in [-0.05, 0) is 36.8 Å². The Bertz CT molecular complexity index is 537. The summed E-state index contributed by atoms with van der Waals surface area (Å²) in [6, 6.07) is 10.9. The molecule has 90 valence electrons. The van der Waals surface area contributed by atoms with Crippen LogP contribution in [0.2, 0.25) is 0 Å². The third-order valence-electron chi connectivity index (χ3n) is 4.75. The zero-order chi connectivity index (χ0) is 12.1. The Labute approximate surface area is 109 Å². The maximum atomic E-state index is 2.48. The van der Waals surface area contributed by atoms with Gasteiger partial charge in [-0.15, -0.1) is 0 Å². The van der Waals surface area contributed by atoms with Crippen molar-refractivity contribution in [3.8, 4) is 0 Å². The molecule has 2 spiro atoms. The minimum Gasteiger partial charge on any atom is -0.0795 e. The van der Waals surface area contributed by atoms with Crippen LogP contribution < -0.4 is 0 Å². The molecule has 0 unspecified atom stereocenters. The van der Waals surface area contributed by atoms with E-state index in [9.17, 15) is 0 Å². The van der Waals surface area contributed by atoms with Gasteiger partial charge in [0.15, 0.2) is 0 Å². The first-order valence-electron chi connectivity index (χ1n) is 6.99. The summed E-state index contributed by atoms with van der Waals surface area (Å²) >= 11 is 0. The van der Waals surface area contributed by atoms with Gasteiger partial charge in [0.2, 0.25) is 0 Å². The summed E-state index contributed by atoms with van der Waals surface area (Å²) in [5.74, 6) is 0. The van der Waals surface area contributed by atoms with Crippen molar-refractivity contribution >= 4 is 5.57 Å². The van der Waals surface area contributed by atoms with Gasteiger partial charge in [-0.3, -0.25) is 0 Å². The van der Waals surface area contributed by atoms with Crippen LogP contribution in [-0.2, 0) is 0 Å². The Kier molecular flexibility index (Phi) is 2.00. The van der Waals surface area contributed by atoms with Gasteiger partial charge in [-0.2, -0.15) is 0 Å². The van der Waals surface area contributed by atoms with Crippen molar-refractivity contribution in [1.82, 2.24) is 0 Å². The summed E-state index contributed by atoms with van der Waals surface area (Å²) in [5.41, 5.74) is 3.53. The quantitative estimate of drug-likeness (QED) is 0.615. The van der Waals surface area contributed by atoms with Crippen LogP contribution in [0.5, 0.6) is 0 Å². The summed E-state index contributed by atoms with van der Waals surface area (Å²) < 4.78 is 0. The Morgan fingerprint density at radius 2 is 1.50 bits per heavy atom. The van der Waals surface area contributed by atoms with E-state index in [1.165, 1.54) is 36.8 Å². The van der Waals surface area contributed by atoms with E-state index in [4.69, 9.17) is 0 Å². The molecule has 0 heterocycles. The standard InChI is InChI=1S/C18H18/c1-2-5-15(6-3-1)16-7-4-8-18(16)13-11-17(9-10-17)12-14-18/h1-3,5-7,11-14H,4,8-10H2. The van der Waals surface area contributed by atoms with E-state index in [-0.39, 0.29) is 5.41 Å². The van der Waals surface area contributed by atoms with Gasteiger partial charge in [0.1, 0.15) is 0 Å². The van der Waals surface area contributed by atoms with Gasteiger partial charge in [0.25, 0.3) is 0 Å². The van der Waals surface area contributed by atoms with Gasteiger partial charge < -0.3 is 0 Å². The van der Waals surface area contributed by atoms with Gasteiger partial charge >= 0.3 is 0 Å². The molecule has 3 aliphatic rings. The second-order valence-electron chi connectivity index (χ2n) is 5.96. The lowest BCUT2D eigenvalue weighted by Gasteiger charge is -2.30. The smallest absolute Gasteiger partial charge is 0.0318 e. The van der Waals surface area contributed by atoms with Crippen LogP contribution in [0.15, 0.2) is 60.7 Å². The van der Waals surface area contributed by atoms with E-state index in [0.717, 1.165) is 0 Å². The predicted octanol–water partition coefficient (Wildman–Crippen LogP) is 4.76. The molecule has 0 radical (unpaired) electrons. The van der Waals surface area contributed by atoms with Crippen molar-refractivity contribution in [3.05, 3.63) is 66.3 Å². The fraction of sp³-hybridized carbons (Fsp3) is 0.333. The first-order chi connectivity index (χ1) is 8.82. The van der Waals surface area contributed by atoms with Crippen molar-refractivity contribution in [3.63, 3.8) is 0 Å². The van der Waals surface area contributed by atoms with E-state index in [1.807, 2.05) is 0 Å². The highest BCUT2D eigenvalue weighted by atomic mass is 14.5. The summed E-state index contributed by atoms with van der Waals surface area (Å²) in [7, 11) is 0. The number of allylic oxidation sites excluding steroid dienone is 6. The van der Waals surface area contributed by atoms with E-state index >= 15 is 0 Å². The molecule has 0 aliphatic heterocycles. The van der Waals surface area contributed by atoms with E-state index in [0.29, 0.717) is 5.41 Å². The number of rotatable bonds is 1. The molecule has 3 aliphatic carbocycles. The summed E-state index contributed by atoms with van der Waals surface area (Å²) in [6.45, 7) is 0. The third-order valence-corrected chi connectivity index (χ3v) is 4.75. The van der Waals surface area contributed by atoms with Gasteiger partial charge in [0, 0.05) is 10.8 Å². The van der Waals surface area contributed by atoms with Crippen molar-refractivity contribution in [2.24, 2.45) is 10.8 Å². The molecule has 0 saturated heterocycles. The van der Waals surface area contributed by atoms with Gasteiger partial charge in [0.05, 0.1) is 0 Å². The SMILES string of the molecule is C1=CC2(C=CC13CC3)CCC=C2c1ccccc1. The van der Waals surface area contributed by atoms with Crippen molar-refractivity contribution < 1.29 is 0 Å². The minimum atomic E-state index is 0.190. The Morgan fingerprint density at radius 3 is 2.17 bits per heavy atom. The topological polar surface area (TPSA) is 0 Å². The van der Waals surface area contributed by atoms with Crippen molar-refractivity contribution in [2.45, 2.75) is 25.7 Å². The number of hydrogen-bond acceptors (Lipinski definition) is 0. The molecular formula is C18H18. The van der Waals surface area contributed by atoms with Gasteiger partial charge in [-0.1, -0.05) is 60.7 Å². The first-order valence-corrected chi connectivity index (χ1v) is 6.99. The maximum absolute atomic E-state index is 2.48. The second-order valence-corrected chi connectivity index (χ2v) is 5.96. The molecule has 0 heteroatoms. The van der Waals surface area contributed by atoms with Crippen LogP contribution in [-0.4, -0.2) is 0 Å². The fourth-order valence-electron chi connectivity index (χ4n) is 3.35. The Balaban J connectivity index is 1.74. The van der Waals surface area contributed by atoms with Crippen molar-refractivity contribution in [1.29, 1.82) is 0 Å². The van der Waals surface area contributed by atoms with Crippen LogP contribution in [0.4, 0.5) is 0 Å². The molecule has 1 aromatic carbocycles. The Hall–Kier alpha value is -1.56. The average molecular weight is 234 g/mol. The van der Waals surface area contributed by atoms with Crippen LogP contribution in [0.3, 0.4) is 0 Å². The fourth-order valence-corrected chi connectivity index (χ4v) is 3.35. The molecule has 1 saturated carbocycles. The molecule has 0 bridgehead atoms.